The molecule has 3 atom stereocenters. The minimum absolute atomic E-state index is 0.100. The van der Waals surface area contributed by atoms with E-state index >= 15 is 0 Å². The van der Waals surface area contributed by atoms with Crippen LogP contribution in [-0.2, 0) is 0 Å². The van der Waals surface area contributed by atoms with E-state index in [1.807, 2.05) is 0 Å². The summed E-state index contributed by atoms with van der Waals surface area (Å²) in [6, 6.07) is -0.192. The predicted octanol–water partition coefficient (Wildman–Crippen LogP) is -0.397. The van der Waals surface area contributed by atoms with Crippen molar-refractivity contribution in [1.29, 1.82) is 0 Å². The first-order valence-electron chi connectivity index (χ1n) is 5.32. The molecule has 1 heterocycles. The Kier molecular flexibility index (Phi) is 3.50. The molecular formula is C10H13BrN2O4. The van der Waals surface area contributed by atoms with Crippen molar-refractivity contribution in [3.63, 3.8) is 0 Å². The average molecular weight is 305 g/mol. The molecule has 0 aliphatic heterocycles. The lowest BCUT2D eigenvalue weighted by molar-refractivity contribution is 0.0906. The second-order valence-corrected chi connectivity index (χ2v) is 5.13. The van der Waals surface area contributed by atoms with E-state index in [-0.39, 0.29) is 23.0 Å². The average Bonchev–Trinajstić information content (AvgIpc) is 2.65. The number of aliphatic hydroxyl groups is 2. The number of nitrogens with one attached hydrogen (secondary N) is 1. The van der Waals surface area contributed by atoms with Crippen LogP contribution in [0.1, 0.15) is 18.9 Å². The summed E-state index contributed by atoms with van der Waals surface area (Å²) in [6.07, 6.45) is 1.75. The Morgan fingerprint density at radius 1 is 1.47 bits per heavy atom. The lowest BCUT2D eigenvalue weighted by atomic mass is 10.1. The Morgan fingerprint density at radius 3 is 2.76 bits per heavy atom. The third-order valence-electron chi connectivity index (χ3n) is 3.18. The van der Waals surface area contributed by atoms with E-state index < -0.39 is 17.4 Å². The first-order chi connectivity index (χ1) is 8.02. The molecule has 0 unspecified atom stereocenters. The molecule has 2 rings (SSSR count). The Morgan fingerprint density at radius 2 is 2.18 bits per heavy atom. The highest BCUT2D eigenvalue weighted by Gasteiger charge is 2.34. The van der Waals surface area contributed by atoms with Crippen LogP contribution in [-0.4, -0.2) is 32.5 Å². The number of H-pyrrole nitrogens is 1. The molecule has 94 valence electrons. The molecule has 0 saturated heterocycles. The van der Waals surface area contributed by atoms with Gasteiger partial charge in [-0.05, 0) is 28.8 Å². The predicted molar refractivity (Wildman–Crippen MR) is 63.9 cm³/mol. The summed E-state index contributed by atoms with van der Waals surface area (Å²) in [5.41, 5.74) is -0.961. The zero-order chi connectivity index (χ0) is 12.6. The van der Waals surface area contributed by atoms with Gasteiger partial charge in [-0.3, -0.25) is 14.3 Å². The van der Waals surface area contributed by atoms with Gasteiger partial charge in [0.2, 0.25) is 0 Å². The van der Waals surface area contributed by atoms with Gasteiger partial charge in [0.1, 0.15) is 0 Å². The summed E-state index contributed by atoms with van der Waals surface area (Å²) in [5.74, 6) is -0.211. The van der Waals surface area contributed by atoms with Crippen molar-refractivity contribution in [3.05, 3.63) is 31.5 Å². The summed E-state index contributed by atoms with van der Waals surface area (Å²) in [5, 5.41) is 18.7. The fourth-order valence-electron chi connectivity index (χ4n) is 2.23. The molecule has 1 aromatic heterocycles. The minimum atomic E-state index is -0.609. The van der Waals surface area contributed by atoms with E-state index in [1.54, 1.807) is 0 Å². The quantitative estimate of drug-likeness (QED) is 0.693. The Balaban J connectivity index is 2.34. The molecule has 0 bridgehead atoms. The zero-order valence-electron chi connectivity index (χ0n) is 8.97. The molecule has 17 heavy (non-hydrogen) atoms. The van der Waals surface area contributed by atoms with E-state index in [0.717, 1.165) is 0 Å². The van der Waals surface area contributed by atoms with Crippen LogP contribution in [0, 0.1) is 5.92 Å². The van der Waals surface area contributed by atoms with Crippen LogP contribution < -0.4 is 11.2 Å². The first-order valence-corrected chi connectivity index (χ1v) is 6.12. The van der Waals surface area contributed by atoms with Gasteiger partial charge in [-0.1, -0.05) is 0 Å². The van der Waals surface area contributed by atoms with Crippen LogP contribution in [0.5, 0.6) is 0 Å². The van der Waals surface area contributed by atoms with E-state index in [9.17, 15) is 14.7 Å². The van der Waals surface area contributed by atoms with E-state index in [1.165, 1.54) is 10.8 Å². The van der Waals surface area contributed by atoms with Gasteiger partial charge in [0.05, 0.1) is 10.6 Å². The van der Waals surface area contributed by atoms with Gasteiger partial charge in [-0.2, -0.15) is 0 Å². The van der Waals surface area contributed by atoms with Gasteiger partial charge < -0.3 is 10.2 Å². The highest BCUT2D eigenvalue weighted by atomic mass is 79.9. The molecule has 1 aliphatic rings. The number of halogens is 1. The van der Waals surface area contributed by atoms with Crippen LogP contribution in [0.4, 0.5) is 0 Å². The molecule has 6 nitrogen and oxygen atoms in total. The summed E-state index contributed by atoms with van der Waals surface area (Å²) >= 11 is 3.06. The maximum absolute atomic E-state index is 11.6. The number of aromatic nitrogens is 2. The van der Waals surface area contributed by atoms with E-state index in [0.29, 0.717) is 12.8 Å². The molecule has 0 amide bonds. The van der Waals surface area contributed by atoms with Gasteiger partial charge in [0, 0.05) is 24.8 Å². The second-order valence-electron chi connectivity index (χ2n) is 4.28. The van der Waals surface area contributed by atoms with Crippen molar-refractivity contribution in [3.8, 4) is 0 Å². The highest BCUT2D eigenvalue weighted by Crippen LogP contribution is 2.33. The molecular weight excluding hydrogens is 292 g/mol. The number of hydrogen-bond acceptors (Lipinski definition) is 4. The Labute approximate surface area is 105 Å². The van der Waals surface area contributed by atoms with Crippen LogP contribution >= 0.6 is 15.9 Å². The van der Waals surface area contributed by atoms with Crippen molar-refractivity contribution < 1.29 is 10.2 Å². The SMILES string of the molecule is O=c1[nH]c(=O)n([C@@H]2C[C@H](CO)[C@@H](O)C2)cc1Br. The highest BCUT2D eigenvalue weighted by molar-refractivity contribution is 9.10. The van der Waals surface area contributed by atoms with Crippen molar-refractivity contribution in [2.24, 2.45) is 5.92 Å². The van der Waals surface area contributed by atoms with Crippen molar-refractivity contribution in [1.82, 2.24) is 9.55 Å². The molecule has 1 aliphatic carbocycles. The number of nitrogens with zero attached hydrogens (tertiary/aromatic N) is 1. The molecule has 1 saturated carbocycles. The lowest BCUT2D eigenvalue weighted by Crippen LogP contribution is -2.32. The lowest BCUT2D eigenvalue weighted by Gasteiger charge is -2.13. The number of rotatable bonds is 2. The van der Waals surface area contributed by atoms with Gasteiger partial charge in [-0.15, -0.1) is 0 Å². The minimum Gasteiger partial charge on any atom is -0.396 e. The fourth-order valence-corrected chi connectivity index (χ4v) is 2.55. The number of aromatic amines is 1. The smallest absolute Gasteiger partial charge is 0.328 e. The molecule has 1 aromatic rings. The van der Waals surface area contributed by atoms with Gasteiger partial charge >= 0.3 is 5.69 Å². The van der Waals surface area contributed by atoms with Crippen LogP contribution in [0.25, 0.3) is 0 Å². The van der Waals surface area contributed by atoms with Crippen LogP contribution in [0.15, 0.2) is 20.3 Å². The molecule has 1 fully saturated rings. The van der Waals surface area contributed by atoms with Crippen LogP contribution in [0.3, 0.4) is 0 Å². The molecule has 3 N–H and O–H groups in total. The molecule has 0 aromatic carbocycles. The summed E-state index contributed by atoms with van der Waals surface area (Å²) in [6.45, 7) is -0.100. The summed E-state index contributed by atoms with van der Waals surface area (Å²) in [7, 11) is 0. The summed E-state index contributed by atoms with van der Waals surface area (Å²) < 4.78 is 1.67. The second kappa shape index (κ2) is 4.75. The monoisotopic (exact) mass is 304 g/mol. The topological polar surface area (TPSA) is 95.3 Å². The maximum atomic E-state index is 11.6. The van der Waals surface area contributed by atoms with E-state index in [4.69, 9.17) is 5.11 Å². The molecule has 0 spiro atoms. The van der Waals surface area contributed by atoms with Crippen molar-refractivity contribution in [2.75, 3.05) is 6.61 Å². The standard InChI is InChI=1S/C10H13BrN2O4/c11-7-3-13(10(17)12-9(7)16)6-1-5(4-14)8(15)2-6/h3,5-6,8,14-15H,1-2,4H2,(H,12,16,17)/t5-,6-,8+/m1/s1. The van der Waals surface area contributed by atoms with Gasteiger partial charge in [0.25, 0.3) is 5.56 Å². The molecule has 7 heteroatoms. The van der Waals surface area contributed by atoms with Gasteiger partial charge in [0.15, 0.2) is 0 Å². The summed E-state index contributed by atoms with van der Waals surface area (Å²) in [4.78, 5) is 25.0. The van der Waals surface area contributed by atoms with Crippen LogP contribution in [0.2, 0.25) is 0 Å². The van der Waals surface area contributed by atoms with Gasteiger partial charge in [-0.25, -0.2) is 4.79 Å². The third kappa shape index (κ3) is 2.36. The Hall–Kier alpha value is -0.920. The number of hydrogen-bond donors (Lipinski definition) is 3. The maximum Gasteiger partial charge on any atom is 0.328 e. The van der Waals surface area contributed by atoms with E-state index in [2.05, 4.69) is 20.9 Å². The zero-order valence-corrected chi connectivity index (χ0v) is 10.6. The largest absolute Gasteiger partial charge is 0.396 e. The third-order valence-corrected chi connectivity index (χ3v) is 3.75. The number of aliphatic hydroxyl groups excluding tert-OH is 2. The van der Waals surface area contributed by atoms with Crippen molar-refractivity contribution >= 4 is 15.9 Å². The van der Waals surface area contributed by atoms with Crippen molar-refractivity contribution in [2.45, 2.75) is 25.0 Å². The molecule has 0 radical (unpaired) electrons. The normalized spacial score (nSPS) is 28.5. The first kappa shape index (κ1) is 12.5. The Bertz CT molecular complexity index is 524. The fraction of sp³-hybridized carbons (Fsp3) is 0.600.